The van der Waals surface area contributed by atoms with E-state index in [1.807, 2.05) is 24.4 Å². The Hall–Kier alpha value is -2.85. The van der Waals surface area contributed by atoms with Gasteiger partial charge in [-0.1, -0.05) is 29.5 Å². The van der Waals surface area contributed by atoms with E-state index in [2.05, 4.69) is 67.3 Å². The van der Waals surface area contributed by atoms with Crippen molar-refractivity contribution in [1.82, 2.24) is 29.7 Å². The highest BCUT2D eigenvalue weighted by atomic mass is 32.1. The number of benzene rings is 1. The second-order valence-corrected chi connectivity index (χ2v) is 9.94. The van der Waals surface area contributed by atoms with E-state index >= 15 is 0 Å². The van der Waals surface area contributed by atoms with Crippen molar-refractivity contribution in [3.8, 4) is 5.13 Å². The van der Waals surface area contributed by atoms with Gasteiger partial charge in [0, 0.05) is 38.6 Å². The Labute approximate surface area is 208 Å². The van der Waals surface area contributed by atoms with Crippen LogP contribution in [-0.4, -0.2) is 68.8 Å². The van der Waals surface area contributed by atoms with Crippen LogP contribution in [0.5, 0.6) is 0 Å². The molecule has 1 N–H and O–H groups in total. The highest BCUT2D eigenvalue weighted by Crippen LogP contribution is 2.40. The molecule has 0 amide bonds. The minimum atomic E-state index is -0.0404. The number of nitrogens with one attached hydrogen (secondary N) is 1. The zero-order valence-corrected chi connectivity index (χ0v) is 20.3. The van der Waals surface area contributed by atoms with Crippen molar-refractivity contribution in [1.29, 1.82) is 0 Å². The maximum absolute atomic E-state index is 5.87. The van der Waals surface area contributed by atoms with E-state index in [1.165, 1.54) is 4.70 Å². The van der Waals surface area contributed by atoms with Crippen molar-refractivity contribution in [2.75, 3.05) is 39.4 Å². The second kappa shape index (κ2) is 9.42. The number of hydrogen-bond donors (Lipinski definition) is 1. The number of thiocarbonyl (C=S) groups is 1. The number of ether oxygens (including phenoxy) is 1. The van der Waals surface area contributed by atoms with Crippen LogP contribution in [0.15, 0.2) is 67.0 Å². The topological polar surface area (TPSA) is 58.5 Å². The Morgan fingerprint density at radius 3 is 2.71 bits per heavy atom. The summed E-state index contributed by atoms with van der Waals surface area (Å²) in [6, 6.07) is 18.6. The Morgan fingerprint density at radius 1 is 1.03 bits per heavy atom. The van der Waals surface area contributed by atoms with E-state index in [-0.39, 0.29) is 12.1 Å². The highest BCUT2D eigenvalue weighted by molar-refractivity contribution is 7.80. The molecular weight excluding hydrogens is 464 g/mol. The summed E-state index contributed by atoms with van der Waals surface area (Å²) in [6.45, 7) is 5.30. The standard InChI is InChI=1S/C25H26N6OS2/c33-24-28-22(19-7-3-4-10-26-19)23(31(24)13-12-29-14-16-32-17-15-29)20-8-5-11-30(20)25-27-18-6-1-2-9-21(18)34-25/h1-11,22-23H,12-17H2,(H,28,33)/t22-,23-/m1/s1. The summed E-state index contributed by atoms with van der Waals surface area (Å²) in [5.74, 6) is 0. The fraction of sp³-hybridized carbons (Fsp3) is 0.320. The number of fused-ring (bicyclic) bond motifs is 1. The van der Waals surface area contributed by atoms with Crippen molar-refractivity contribution >= 4 is 38.9 Å². The SMILES string of the molecule is S=C1N[C@H](c2ccccn2)[C@@H](c2cccn2-c2nc3ccccc3s2)N1CCN1CCOCC1. The number of para-hydroxylation sites is 1. The fourth-order valence-electron chi connectivity index (χ4n) is 4.81. The van der Waals surface area contributed by atoms with Gasteiger partial charge in [0.1, 0.15) is 0 Å². The van der Waals surface area contributed by atoms with Crippen LogP contribution in [0.4, 0.5) is 0 Å². The first-order valence-corrected chi connectivity index (χ1v) is 12.8. The van der Waals surface area contributed by atoms with Gasteiger partial charge in [0.05, 0.1) is 46.9 Å². The molecule has 1 aromatic carbocycles. The van der Waals surface area contributed by atoms with Crippen LogP contribution < -0.4 is 5.32 Å². The normalized spacial score (nSPS) is 21.3. The third-order valence-corrected chi connectivity index (χ3v) is 7.92. The van der Waals surface area contributed by atoms with Crippen LogP contribution in [0.3, 0.4) is 0 Å². The molecule has 4 aromatic rings. The molecule has 34 heavy (non-hydrogen) atoms. The summed E-state index contributed by atoms with van der Waals surface area (Å²) in [6.07, 6.45) is 3.95. The van der Waals surface area contributed by atoms with E-state index in [0.717, 1.165) is 66.5 Å². The highest BCUT2D eigenvalue weighted by Gasteiger charge is 2.41. The first-order valence-electron chi connectivity index (χ1n) is 11.6. The molecule has 174 valence electrons. The van der Waals surface area contributed by atoms with Crippen molar-refractivity contribution in [3.05, 3.63) is 78.4 Å². The Morgan fingerprint density at radius 2 is 1.88 bits per heavy atom. The molecule has 0 unspecified atom stereocenters. The molecule has 3 aromatic heterocycles. The molecule has 0 saturated carbocycles. The lowest BCUT2D eigenvalue weighted by molar-refractivity contribution is 0.0349. The van der Waals surface area contributed by atoms with Gasteiger partial charge in [0.15, 0.2) is 10.2 Å². The number of pyridine rings is 1. The summed E-state index contributed by atoms with van der Waals surface area (Å²) < 4.78 is 8.92. The van der Waals surface area contributed by atoms with Crippen molar-refractivity contribution in [3.63, 3.8) is 0 Å². The average molecular weight is 491 g/mol. The fourth-order valence-corrected chi connectivity index (χ4v) is 6.12. The Bertz CT molecular complexity index is 1250. The van der Waals surface area contributed by atoms with Gasteiger partial charge in [-0.25, -0.2) is 4.98 Å². The lowest BCUT2D eigenvalue weighted by atomic mass is 10.0. The van der Waals surface area contributed by atoms with Crippen LogP contribution in [0.2, 0.25) is 0 Å². The zero-order chi connectivity index (χ0) is 22.9. The maximum atomic E-state index is 5.87. The van der Waals surface area contributed by atoms with E-state index in [4.69, 9.17) is 21.9 Å². The lowest BCUT2D eigenvalue weighted by Crippen LogP contribution is -2.42. The largest absolute Gasteiger partial charge is 0.379 e. The molecule has 2 aliphatic heterocycles. The minimum absolute atomic E-state index is 0.00505. The molecule has 6 rings (SSSR count). The van der Waals surface area contributed by atoms with E-state index in [0.29, 0.717) is 0 Å². The van der Waals surface area contributed by atoms with Crippen LogP contribution in [-0.2, 0) is 4.74 Å². The van der Waals surface area contributed by atoms with Crippen molar-refractivity contribution in [2.24, 2.45) is 0 Å². The number of aromatic nitrogens is 3. The minimum Gasteiger partial charge on any atom is -0.379 e. The summed E-state index contributed by atoms with van der Waals surface area (Å²) in [7, 11) is 0. The van der Waals surface area contributed by atoms with Gasteiger partial charge in [-0.15, -0.1) is 0 Å². The van der Waals surface area contributed by atoms with E-state index in [1.54, 1.807) is 11.3 Å². The van der Waals surface area contributed by atoms with Gasteiger partial charge >= 0.3 is 0 Å². The number of hydrogen-bond acceptors (Lipinski definition) is 6. The molecule has 2 atom stereocenters. The van der Waals surface area contributed by atoms with Crippen LogP contribution in [0.1, 0.15) is 23.5 Å². The molecule has 5 heterocycles. The van der Waals surface area contributed by atoms with E-state index in [9.17, 15) is 0 Å². The zero-order valence-electron chi connectivity index (χ0n) is 18.7. The molecule has 0 spiro atoms. The predicted octanol–water partition coefficient (Wildman–Crippen LogP) is 3.79. The number of nitrogens with zero attached hydrogens (tertiary/aromatic N) is 5. The van der Waals surface area contributed by atoms with Crippen LogP contribution in [0.25, 0.3) is 15.3 Å². The summed E-state index contributed by atoms with van der Waals surface area (Å²) >= 11 is 7.57. The summed E-state index contributed by atoms with van der Waals surface area (Å²) in [4.78, 5) is 14.4. The van der Waals surface area contributed by atoms with Crippen LogP contribution in [0, 0.1) is 0 Å². The summed E-state index contributed by atoms with van der Waals surface area (Å²) in [5.41, 5.74) is 3.16. The molecule has 2 fully saturated rings. The summed E-state index contributed by atoms with van der Waals surface area (Å²) in [5, 5.41) is 5.31. The van der Waals surface area contributed by atoms with Gasteiger partial charge < -0.3 is 15.0 Å². The molecular formula is C25H26N6OS2. The number of rotatable bonds is 6. The van der Waals surface area contributed by atoms with Gasteiger partial charge in [-0.3, -0.25) is 14.5 Å². The average Bonchev–Trinajstić information content (AvgIpc) is 3.60. The Balaban J connectivity index is 1.37. The van der Waals surface area contributed by atoms with Gasteiger partial charge in [-0.2, -0.15) is 0 Å². The smallest absolute Gasteiger partial charge is 0.194 e. The van der Waals surface area contributed by atoms with Gasteiger partial charge in [0.2, 0.25) is 0 Å². The third-order valence-electron chi connectivity index (χ3n) is 6.53. The van der Waals surface area contributed by atoms with Gasteiger partial charge in [-0.05, 0) is 48.6 Å². The number of morpholine rings is 1. The lowest BCUT2D eigenvalue weighted by Gasteiger charge is -2.32. The van der Waals surface area contributed by atoms with Crippen LogP contribution >= 0.6 is 23.6 Å². The Kier molecular flexibility index (Phi) is 6.00. The quantitative estimate of drug-likeness (QED) is 0.413. The molecule has 9 heteroatoms. The molecule has 2 saturated heterocycles. The maximum Gasteiger partial charge on any atom is 0.194 e. The van der Waals surface area contributed by atoms with Crippen molar-refractivity contribution < 1.29 is 4.74 Å². The monoisotopic (exact) mass is 490 g/mol. The molecule has 0 radical (unpaired) electrons. The second-order valence-electron chi connectivity index (χ2n) is 8.54. The number of thiazole rings is 1. The van der Waals surface area contributed by atoms with E-state index < -0.39 is 0 Å². The van der Waals surface area contributed by atoms with Crippen molar-refractivity contribution in [2.45, 2.75) is 12.1 Å². The molecule has 2 aliphatic rings. The first kappa shape index (κ1) is 21.7. The first-order chi connectivity index (χ1) is 16.8. The molecule has 0 aliphatic carbocycles. The molecule has 7 nitrogen and oxygen atoms in total. The third kappa shape index (κ3) is 4.09. The molecule has 0 bridgehead atoms. The van der Waals surface area contributed by atoms with Gasteiger partial charge in [0.25, 0.3) is 0 Å². The predicted molar refractivity (Wildman–Crippen MR) is 138 cm³/mol.